The van der Waals surface area contributed by atoms with Crippen molar-refractivity contribution in [1.29, 1.82) is 0 Å². The smallest absolute Gasteiger partial charge is 0.107 e. The van der Waals surface area contributed by atoms with E-state index in [0.29, 0.717) is 10.3 Å². The van der Waals surface area contributed by atoms with Crippen molar-refractivity contribution in [3.63, 3.8) is 0 Å². The second-order valence-corrected chi connectivity index (χ2v) is 2.99. The fourth-order valence-electron chi connectivity index (χ4n) is 0.656. The molecule has 2 heterocycles. The molecule has 0 aromatic carbocycles. The summed E-state index contributed by atoms with van der Waals surface area (Å²) in [6.07, 6.45) is 3.50. The van der Waals surface area contributed by atoms with Gasteiger partial charge in [-0.05, 0) is 24.3 Å². The Morgan fingerprint density at radius 1 is 0.923 bits per heavy atom. The lowest BCUT2D eigenvalue weighted by molar-refractivity contribution is 1.33. The van der Waals surface area contributed by atoms with Crippen molar-refractivity contribution < 1.29 is 0 Å². The SMILES string of the molecule is Clc1ccc(Cl)[nH]1.c1ccncc1. The molecule has 0 saturated heterocycles. The molecule has 0 unspecified atom stereocenters. The molecule has 0 atom stereocenters. The van der Waals surface area contributed by atoms with Crippen LogP contribution in [0.2, 0.25) is 10.3 Å². The monoisotopic (exact) mass is 214 g/mol. The van der Waals surface area contributed by atoms with Crippen molar-refractivity contribution in [2.75, 3.05) is 0 Å². The summed E-state index contributed by atoms with van der Waals surface area (Å²) in [5, 5.41) is 1.15. The van der Waals surface area contributed by atoms with Gasteiger partial charge in [-0.25, -0.2) is 0 Å². The third kappa shape index (κ3) is 4.55. The van der Waals surface area contributed by atoms with Gasteiger partial charge in [-0.15, -0.1) is 0 Å². The van der Waals surface area contributed by atoms with E-state index < -0.39 is 0 Å². The largest absolute Gasteiger partial charge is 0.337 e. The topological polar surface area (TPSA) is 28.7 Å². The van der Waals surface area contributed by atoms with Crippen LogP contribution in [0.4, 0.5) is 0 Å². The normalized spacial score (nSPS) is 8.77. The number of nitrogens with zero attached hydrogens (tertiary/aromatic N) is 1. The van der Waals surface area contributed by atoms with E-state index in [9.17, 15) is 0 Å². The molecule has 2 aromatic heterocycles. The van der Waals surface area contributed by atoms with E-state index in [1.807, 2.05) is 18.2 Å². The van der Waals surface area contributed by atoms with Gasteiger partial charge in [0, 0.05) is 12.4 Å². The van der Waals surface area contributed by atoms with Crippen molar-refractivity contribution in [1.82, 2.24) is 9.97 Å². The summed E-state index contributed by atoms with van der Waals surface area (Å²) in [4.78, 5) is 6.45. The highest BCUT2D eigenvalue weighted by molar-refractivity contribution is 6.33. The number of hydrogen-bond acceptors (Lipinski definition) is 1. The van der Waals surface area contributed by atoms with E-state index in [2.05, 4.69) is 9.97 Å². The molecule has 0 aliphatic rings. The quantitative estimate of drug-likeness (QED) is 0.716. The fraction of sp³-hybridized carbons (Fsp3) is 0. The van der Waals surface area contributed by atoms with Gasteiger partial charge >= 0.3 is 0 Å². The first-order valence-electron chi connectivity index (χ1n) is 3.64. The molecule has 4 heteroatoms. The summed E-state index contributed by atoms with van der Waals surface area (Å²) in [6.45, 7) is 0. The second kappa shape index (κ2) is 5.62. The van der Waals surface area contributed by atoms with E-state index in [1.165, 1.54) is 0 Å². The van der Waals surface area contributed by atoms with Crippen molar-refractivity contribution in [3.8, 4) is 0 Å². The molecule has 0 aliphatic carbocycles. The Morgan fingerprint density at radius 2 is 1.46 bits per heavy atom. The van der Waals surface area contributed by atoms with Gasteiger partial charge in [-0.2, -0.15) is 0 Å². The van der Waals surface area contributed by atoms with Crippen LogP contribution in [-0.4, -0.2) is 9.97 Å². The Balaban J connectivity index is 0.000000132. The molecule has 0 aliphatic heterocycles. The average Bonchev–Trinajstić information content (AvgIpc) is 2.54. The van der Waals surface area contributed by atoms with Crippen molar-refractivity contribution in [2.24, 2.45) is 0 Å². The predicted molar refractivity (Wildman–Crippen MR) is 55.0 cm³/mol. The number of halogens is 2. The molecule has 2 nitrogen and oxygen atoms in total. The van der Waals surface area contributed by atoms with Gasteiger partial charge < -0.3 is 4.98 Å². The van der Waals surface area contributed by atoms with Crippen molar-refractivity contribution in [3.05, 3.63) is 53.0 Å². The molecule has 1 N–H and O–H groups in total. The highest BCUT2D eigenvalue weighted by Gasteiger charge is 1.86. The second-order valence-electron chi connectivity index (χ2n) is 2.18. The van der Waals surface area contributed by atoms with Crippen LogP contribution in [0.25, 0.3) is 0 Å². The molecule has 2 rings (SSSR count). The summed E-state index contributed by atoms with van der Waals surface area (Å²) in [5.74, 6) is 0. The lowest BCUT2D eigenvalue weighted by atomic mass is 10.5. The summed E-state index contributed by atoms with van der Waals surface area (Å²) in [6, 6.07) is 9.11. The Labute approximate surface area is 86.5 Å². The van der Waals surface area contributed by atoms with Crippen LogP contribution in [0, 0.1) is 0 Å². The maximum Gasteiger partial charge on any atom is 0.107 e. The Hall–Kier alpha value is -0.990. The minimum absolute atomic E-state index is 0.574. The first-order valence-corrected chi connectivity index (χ1v) is 4.39. The van der Waals surface area contributed by atoms with Gasteiger partial charge in [-0.3, -0.25) is 4.98 Å². The van der Waals surface area contributed by atoms with Crippen molar-refractivity contribution >= 4 is 23.2 Å². The minimum atomic E-state index is 0.574. The van der Waals surface area contributed by atoms with E-state index in [1.54, 1.807) is 24.5 Å². The number of nitrogens with one attached hydrogen (secondary N) is 1. The molecule has 0 fully saturated rings. The summed E-state index contributed by atoms with van der Waals surface area (Å²) < 4.78 is 0. The van der Waals surface area contributed by atoms with Crippen LogP contribution in [0.5, 0.6) is 0 Å². The van der Waals surface area contributed by atoms with Crippen LogP contribution in [0.1, 0.15) is 0 Å². The van der Waals surface area contributed by atoms with Gasteiger partial charge in [0.15, 0.2) is 0 Å². The van der Waals surface area contributed by atoms with Crippen LogP contribution in [-0.2, 0) is 0 Å². The van der Waals surface area contributed by atoms with Gasteiger partial charge in [0.05, 0.1) is 0 Å². The molecule has 2 aromatic rings. The third-order valence-electron chi connectivity index (χ3n) is 1.18. The highest BCUT2D eigenvalue weighted by Crippen LogP contribution is 2.10. The molecule has 0 saturated carbocycles. The van der Waals surface area contributed by atoms with E-state index in [0.717, 1.165) is 0 Å². The van der Waals surface area contributed by atoms with Crippen LogP contribution in [0.3, 0.4) is 0 Å². The summed E-state index contributed by atoms with van der Waals surface area (Å²) in [7, 11) is 0. The number of aromatic amines is 1. The Bertz CT molecular complexity index is 289. The zero-order chi connectivity index (χ0) is 9.52. The number of pyridine rings is 1. The Morgan fingerprint density at radius 3 is 1.62 bits per heavy atom. The van der Waals surface area contributed by atoms with Crippen molar-refractivity contribution in [2.45, 2.75) is 0 Å². The molecule has 0 amide bonds. The number of H-pyrrole nitrogens is 1. The lowest BCUT2D eigenvalue weighted by Gasteiger charge is -1.72. The number of aromatic nitrogens is 2. The molecule has 0 spiro atoms. The maximum atomic E-state index is 5.42. The number of hydrogen-bond donors (Lipinski definition) is 1. The molecule has 0 radical (unpaired) electrons. The highest BCUT2D eigenvalue weighted by atomic mass is 35.5. The molecule has 0 bridgehead atoms. The molecular formula is C9H8Cl2N2. The Kier molecular flexibility index (Phi) is 4.36. The zero-order valence-electron chi connectivity index (χ0n) is 6.74. The first kappa shape index (κ1) is 10.1. The maximum absolute atomic E-state index is 5.42. The standard InChI is InChI=1S/C5H5N.C4H3Cl2N/c1-2-4-6-5-3-1;5-3-1-2-4(6)7-3/h1-5H;1-2,7H. The van der Waals surface area contributed by atoms with Gasteiger partial charge in [-0.1, -0.05) is 29.3 Å². The number of rotatable bonds is 0. The molecular weight excluding hydrogens is 207 g/mol. The van der Waals surface area contributed by atoms with Gasteiger partial charge in [0.25, 0.3) is 0 Å². The van der Waals surface area contributed by atoms with Crippen LogP contribution >= 0.6 is 23.2 Å². The summed E-state index contributed by atoms with van der Waals surface area (Å²) >= 11 is 10.8. The average molecular weight is 215 g/mol. The van der Waals surface area contributed by atoms with Gasteiger partial charge in [0.2, 0.25) is 0 Å². The fourth-order valence-corrected chi connectivity index (χ4v) is 1.03. The lowest BCUT2D eigenvalue weighted by Crippen LogP contribution is -1.58. The summed E-state index contributed by atoms with van der Waals surface area (Å²) in [5.41, 5.74) is 0. The van der Waals surface area contributed by atoms with E-state index >= 15 is 0 Å². The van der Waals surface area contributed by atoms with E-state index in [4.69, 9.17) is 23.2 Å². The first-order chi connectivity index (χ1) is 6.29. The molecule has 68 valence electrons. The minimum Gasteiger partial charge on any atom is -0.337 e. The van der Waals surface area contributed by atoms with Crippen LogP contribution in [0.15, 0.2) is 42.7 Å². The zero-order valence-corrected chi connectivity index (χ0v) is 8.26. The molecule has 13 heavy (non-hydrogen) atoms. The predicted octanol–water partition coefficient (Wildman–Crippen LogP) is 3.40. The van der Waals surface area contributed by atoms with Crippen LogP contribution < -0.4 is 0 Å². The van der Waals surface area contributed by atoms with Gasteiger partial charge in [0.1, 0.15) is 10.3 Å². The third-order valence-corrected chi connectivity index (χ3v) is 1.62. The van der Waals surface area contributed by atoms with E-state index in [-0.39, 0.29) is 0 Å².